The first kappa shape index (κ1) is 15.3. The first-order chi connectivity index (χ1) is 11.7. The van der Waals surface area contributed by atoms with Crippen LogP contribution in [-0.4, -0.2) is 39.8 Å². The molecule has 2 aliphatic rings. The van der Waals surface area contributed by atoms with Gasteiger partial charge in [-0.05, 0) is 48.9 Å². The lowest BCUT2D eigenvalue weighted by atomic mass is 10.1. The van der Waals surface area contributed by atoms with E-state index in [-0.39, 0.29) is 16.4 Å². The van der Waals surface area contributed by atoms with Crippen LogP contribution in [0.3, 0.4) is 0 Å². The fraction of sp³-hybridized carbons (Fsp3) is 0.333. The number of rotatable bonds is 4. The van der Waals surface area contributed by atoms with Gasteiger partial charge in [0.1, 0.15) is 5.75 Å². The van der Waals surface area contributed by atoms with Crippen LogP contribution in [0.4, 0.5) is 0 Å². The summed E-state index contributed by atoms with van der Waals surface area (Å²) in [4.78, 5) is 20.8. The van der Waals surface area contributed by atoms with Crippen LogP contribution >= 0.6 is 10.5 Å². The van der Waals surface area contributed by atoms with Crippen molar-refractivity contribution in [3.63, 3.8) is 0 Å². The minimum Gasteiger partial charge on any atom is -0.493 e. The monoisotopic (exact) mass is 341 g/mol. The fourth-order valence-corrected chi connectivity index (χ4v) is 4.35. The lowest BCUT2D eigenvalue weighted by Gasteiger charge is -2.08. The van der Waals surface area contributed by atoms with Gasteiger partial charge in [0.15, 0.2) is 5.17 Å². The number of hydrogen-bond donors (Lipinski definition) is 1. The SMILES string of the molecule is CCOc1ccnc2ccc(C=S3CC(=O)NC3=NC3CC3)cc12. The first-order valence-corrected chi connectivity index (χ1v) is 9.62. The molecule has 2 fully saturated rings. The van der Waals surface area contributed by atoms with E-state index < -0.39 is 0 Å². The van der Waals surface area contributed by atoms with Crippen LogP contribution in [0, 0.1) is 0 Å². The standard InChI is InChI=1S/C18H19N3O2S/c1-2-23-16-7-8-19-15-6-3-12(9-14(15)16)10-24-11-17(22)21-18(24)20-13-4-5-13/h3,6-10,13H,2,4-5,11H2,1H3,(H,20,21,22). The number of carbonyl (C=O) groups is 1. The molecule has 24 heavy (non-hydrogen) atoms. The van der Waals surface area contributed by atoms with Gasteiger partial charge in [0.2, 0.25) is 5.91 Å². The minimum absolute atomic E-state index is 0.0615. The number of carbonyl (C=O) groups excluding carboxylic acids is 1. The number of pyridine rings is 1. The Kier molecular flexibility index (Phi) is 4.06. The Morgan fingerprint density at radius 2 is 2.29 bits per heavy atom. The number of ether oxygens (including phenoxy) is 1. The summed E-state index contributed by atoms with van der Waals surface area (Å²) in [7, 11) is -0.277. The number of hydrogen-bond acceptors (Lipinski definition) is 4. The van der Waals surface area contributed by atoms with E-state index in [4.69, 9.17) is 4.74 Å². The molecule has 0 bridgehead atoms. The lowest BCUT2D eigenvalue weighted by molar-refractivity contribution is -0.116. The molecule has 0 radical (unpaired) electrons. The molecule has 1 N–H and O–H groups in total. The molecule has 1 unspecified atom stereocenters. The topological polar surface area (TPSA) is 63.6 Å². The molecule has 0 spiro atoms. The molecule has 6 heteroatoms. The number of nitrogens with zero attached hydrogens (tertiary/aromatic N) is 2. The van der Waals surface area contributed by atoms with E-state index in [0.717, 1.165) is 40.2 Å². The van der Waals surface area contributed by atoms with Gasteiger partial charge >= 0.3 is 0 Å². The molecule has 1 aromatic carbocycles. The summed E-state index contributed by atoms with van der Waals surface area (Å²) >= 11 is 0. The maximum absolute atomic E-state index is 11.8. The van der Waals surface area contributed by atoms with Crippen LogP contribution < -0.4 is 10.1 Å². The molecule has 1 atom stereocenters. The third-order valence-electron chi connectivity index (χ3n) is 3.93. The average Bonchev–Trinajstić information content (AvgIpc) is 3.32. The number of nitrogens with one attached hydrogen (secondary N) is 1. The van der Waals surface area contributed by atoms with Gasteiger partial charge in [-0.25, -0.2) is 0 Å². The molecule has 1 amide bonds. The van der Waals surface area contributed by atoms with E-state index in [1.54, 1.807) is 6.20 Å². The minimum atomic E-state index is -0.277. The van der Waals surface area contributed by atoms with Crippen LogP contribution in [0.2, 0.25) is 0 Å². The third-order valence-corrected chi connectivity index (χ3v) is 5.77. The van der Waals surface area contributed by atoms with Crippen molar-refractivity contribution >= 4 is 37.8 Å². The van der Waals surface area contributed by atoms with Crippen LogP contribution in [0.15, 0.2) is 35.5 Å². The number of benzene rings is 1. The van der Waals surface area contributed by atoms with Crippen molar-refractivity contribution < 1.29 is 9.53 Å². The number of amidine groups is 1. The second kappa shape index (κ2) is 6.36. The molecule has 1 aromatic heterocycles. The lowest BCUT2D eigenvalue weighted by Crippen LogP contribution is -2.20. The highest BCUT2D eigenvalue weighted by Gasteiger charge is 2.26. The highest BCUT2D eigenvalue weighted by Crippen LogP contribution is 2.29. The Hall–Kier alpha value is -2.21. The number of aromatic nitrogens is 1. The largest absolute Gasteiger partial charge is 0.493 e. The van der Waals surface area contributed by atoms with Crippen LogP contribution in [-0.2, 0) is 4.79 Å². The number of fused-ring (bicyclic) bond motifs is 1. The zero-order valence-electron chi connectivity index (χ0n) is 13.5. The fourth-order valence-electron chi connectivity index (χ4n) is 2.65. The predicted octanol–water partition coefficient (Wildman–Crippen LogP) is 2.70. The highest BCUT2D eigenvalue weighted by molar-refractivity contribution is 8.29. The van der Waals surface area contributed by atoms with Crippen LogP contribution in [0.25, 0.3) is 10.9 Å². The van der Waals surface area contributed by atoms with Gasteiger partial charge in [0, 0.05) is 11.6 Å². The van der Waals surface area contributed by atoms with Gasteiger partial charge in [0.05, 0.1) is 23.9 Å². The van der Waals surface area contributed by atoms with E-state index >= 15 is 0 Å². The summed E-state index contributed by atoms with van der Waals surface area (Å²) in [6.45, 7) is 2.59. The number of aliphatic imine (C=N–C) groups is 1. The molecule has 1 saturated heterocycles. The Morgan fingerprint density at radius 1 is 1.42 bits per heavy atom. The van der Waals surface area contributed by atoms with Crippen molar-refractivity contribution in [2.75, 3.05) is 12.4 Å². The van der Waals surface area contributed by atoms with Crippen molar-refractivity contribution in [3.8, 4) is 5.75 Å². The summed E-state index contributed by atoms with van der Waals surface area (Å²) in [5, 5.41) is 6.90. The predicted molar refractivity (Wildman–Crippen MR) is 99.1 cm³/mol. The van der Waals surface area contributed by atoms with Gasteiger partial charge in [-0.3, -0.25) is 14.8 Å². The van der Waals surface area contributed by atoms with Crippen molar-refractivity contribution in [1.29, 1.82) is 0 Å². The normalized spacial score (nSPS) is 22.3. The maximum atomic E-state index is 11.8. The summed E-state index contributed by atoms with van der Waals surface area (Å²) < 4.78 is 5.70. The zero-order chi connectivity index (χ0) is 16.5. The zero-order valence-corrected chi connectivity index (χ0v) is 14.3. The molecule has 2 heterocycles. The summed E-state index contributed by atoms with van der Waals surface area (Å²) in [6, 6.07) is 8.41. The quantitative estimate of drug-likeness (QED) is 0.870. The highest BCUT2D eigenvalue weighted by atomic mass is 32.2. The summed E-state index contributed by atoms with van der Waals surface area (Å²) in [5.41, 5.74) is 1.98. The van der Waals surface area contributed by atoms with Gasteiger partial charge in [-0.15, -0.1) is 10.5 Å². The van der Waals surface area contributed by atoms with Gasteiger partial charge in [0.25, 0.3) is 0 Å². The Balaban J connectivity index is 1.73. The number of amides is 1. The van der Waals surface area contributed by atoms with Gasteiger partial charge in [-0.2, -0.15) is 0 Å². The first-order valence-electron chi connectivity index (χ1n) is 8.16. The Labute approximate surface area is 143 Å². The maximum Gasteiger partial charge on any atom is 0.235 e. The molecular weight excluding hydrogens is 322 g/mol. The molecule has 4 rings (SSSR count). The van der Waals surface area contributed by atoms with Crippen LogP contribution in [0.1, 0.15) is 25.3 Å². The Morgan fingerprint density at radius 3 is 3.08 bits per heavy atom. The van der Waals surface area contributed by atoms with Crippen LogP contribution in [0.5, 0.6) is 5.75 Å². The molecule has 1 aliphatic heterocycles. The van der Waals surface area contributed by atoms with Crippen molar-refractivity contribution in [2.45, 2.75) is 25.8 Å². The molecule has 124 valence electrons. The molecule has 1 aliphatic carbocycles. The van der Waals surface area contributed by atoms with Crippen molar-refractivity contribution in [1.82, 2.24) is 10.3 Å². The molecule has 1 saturated carbocycles. The Bertz CT molecular complexity index is 872. The van der Waals surface area contributed by atoms with Crippen molar-refractivity contribution in [3.05, 3.63) is 36.0 Å². The second-order valence-electron chi connectivity index (χ2n) is 5.92. The smallest absolute Gasteiger partial charge is 0.235 e. The molecule has 2 aromatic rings. The molecular formula is C18H19N3O2S. The third kappa shape index (κ3) is 3.19. The summed E-state index contributed by atoms with van der Waals surface area (Å²) in [6.07, 6.45) is 4.03. The van der Waals surface area contributed by atoms with E-state index in [1.807, 2.05) is 25.1 Å². The van der Waals surface area contributed by atoms with Gasteiger partial charge < -0.3 is 10.1 Å². The van der Waals surface area contributed by atoms with Crippen molar-refractivity contribution in [2.24, 2.45) is 4.99 Å². The van der Waals surface area contributed by atoms with E-state index in [1.165, 1.54) is 0 Å². The second-order valence-corrected chi connectivity index (χ2v) is 7.69. The van der Waals surface area contributed by atoms with E-state index in [9.17, 15) is 4.79 Å². The van der Waals surface area contributed by atoms with Gasteiger partial charge in [-0.1, -0.05) is 6.07 Å². The van der Waals surface area contributed by atoms with E-state index in [0.29, 0.717) is 18.4 Å². The van der Waals surface area contributed by atoms with E-state index in [2.05, 4.69) is 26.7 Å². The molecule has 5 nitrogen and oxygen atoms in total. The summed E-state index contributed by atoms with van der Waals surface area (Å²) in [5.74, 6) is 1.40. The average molecular weight is 341 g/mol.